The Balaban J connectivity index is 2.34. The number of aliphatic hydroxyl groups is 1. The Bertz CT molecular complexity index is 198. The number of ether oxygens (including phenoxy) is 2. The van der Waals surface area contributed by atoms with Crippen LogP contribution in [0, 0.1) is 0 Å². The topological polar surface area (TPSA) is 59.0 Å². The Morgan fingerprint density at radius 2 is 2.47 bits per heavy atom. The van der Waals surface area contributed by atoms with Gasteiger partial charge in [-0.15, -0.1) is 0 Å². The summed E-state index contributed by atoms with van der Waals surface area (Å²) in [5, 5.41) is 9.05. The maximum Gasteiger partial charge on any atom is 0.410 e. The SMILES string of the molecule is CCCCOC(=O)N1CCOCC1CO. The van der Waals surface area contributed by atoms with Gasteiger partial charge in [0.15, 0.2) is 0 Å². The lowest BCUT2D eigenvalue weighted by atomic mass is 10.2. The van der Waals surface area contributed by atoms with E-state index in [0.717, 1.165) is 12.8 Å². The lowest BCUT2D eigenvalue weighted by Gasteiger charge is -2.33. The summed E-state index contributed by atoms with van der Waals surface area (Å²) < 4.78 is 10.2. The first kappa shape index (κ1) is 12.3. The van der Waals surface area contributed by atoms with Crippen molar-refractivity contribution in [1.29, 1.82) is 0 Å². The van der Waals surface area contributed by atoms with E-state index in [9.17, 15) is 4.79 Å². The zero-order valence-electron chi connectivity index (χ0n) is 9.15. The van der Waals surface area contributed by atoms with E-state index < -0.39 is 0 Å². The van der Waals surface area contributed by atoms with E-state index in [0.29, 0.717) is 26.4 Å². The van der Waals surface area contributed by atoms with Crippen molar-refractivity contribution in [3.63, 3.8) is 0 Å². The van der Waals surface area contributed by atoms with E-state index in [1.807, 2.05) is 6.92 Å². The molecule has 0 saturated carbocycles. The molecular formula is C10H19NO4. The third kappa shape index (κ3) is 3.68. The Morgan fingerprint density at radius 3 is 3.13 bits per heavy atom. The van der Waals surface area contributed by atoms with Crippen molar-refractivity contribution in [2.24, 2.45) is 0 Å². The van der Waals surface area contributed by atoms with Crippen molar-refractivity contribution in [2.75, 3.05) is 33.0 Å². The molecule has 1 aliphatic heterocycles. The molecular weight excluding hydrogens is 198 g/mol. The fourth-order valence-corrected chi connectivity index (χ4v) is 1.43. The zero-order chi connectivity index (χ0) is 11.1. The molecule has 0 spiro atoms. The smallest absolute Gasteiger partial charge is 0.410 e. The highest BCUT2D eigenvalue weighted by Gasteiger charge is 2.27. The molecule has 0 aromatic carbocycles. The molecule has 1 heterocycles. The normalized spacial score (nSPS) is 21.5. The number of amides is 1. The highest BCUT2D eigenvalue weighted by atomic mass is 16.6. The van der Waals surface area contributed by atoms with Gasteiger partial charge in [-0.2, -0.15) is 0 Å². The molecule has 0 radical (unpaired) electrons. The van der Waals surface area contributed by atoms with Crippen LogP contribution in [0.15, 0.2) is 0 Å². The van der Waals surface area contributed by atoms with E-state index in [1.54, 1.807) is 4.90 Å². The largest absolute Gasteiger partial charge is 0.449 e. The number of morpholine rings is 1. The number of unbranched alkanes of at least 4 members (excludes halogenated alkanes) is 1. The molecule has 0 aromatic rings. The second-order valence-corrected chi connectivity index (χ2v) is 3.57. The second-order valence-electron chi connectivity index (χ2n) is 3.57. The highest BCUT2D eigenvalue weighted by Crippen LogP contribution is 2.08. The number of nitrogens with zero attached hydrogens (tertiary/aromatic N) is 1. The van der Waals surface area contributed by atoms with Crippen LogP contribution in [-0.2, 0) is 9.47 Å². The molecule has 1 aliphatic rings. The lowest BCUT2D eigenvalue weighted by Crippen LogP contribution is -2.50. The van der Waals surface area contributed by atoms with Gasteiger partial charge in [-0.05, 0) is 6.42 Å². The van der Waals surface area contributed by atoms with Crippen LogP contribution in [-0.4, -0.2) is 55.1 Å². The third-order valence-corrected chi connectivity index (χ3v) is 2.40. The van der Waals surface area contributed by atoms with Gasteiger partial charge in [-0.25, -0.2) is 4.79 Å². The van der Waals surface area contributed by atoms with Gasteiger partial charge in [-0.3, -0.25) is 4.90 Å². The molecule has 1 saturated heterocycles. The number of carbonyl (C=O) groups excluding carboxylic acids is 1. The van der Waals surface area contributed by atoms with E-state index in [2.05, 4.69) is 0 Å². The van der Waals surface area contributed by atoms with E-state index >= 15 is 0 Å². The second kappa shape index (κ2) is 6.63. The standard InChI is InChI=1S/C10H19NO4/c1-2-3-5-15-10(13)11-4-6-14-8-9(11)7-12/h9,12H,2-8H2,1H3. The van der Waals surface area contributed by atoms with Crippen LogP contribution >= 0.6 is 0 Å². The Kier molecular flexibility index (Phi) is 5.42. The number of aliphatic hydroxyl groups excluding tert-OH is 1. The van der Waals surface area contributed by atoms with Gasteiger partial charge >= 0.3 is 6.09 Å². The predicted octanol–water partition coefficient (Wildman–Crippen LogP) is 0.616. The summed E-state index contributed by atoms with van der Waals surface area (Å²) in [6.45, 7) is 3.81. The van der Waals surface area contributed by atoms with Gasteiger partial charge in [-0.1, -0.05) is 13.3 Å². The molecule has 1 unspecified atom stereocenters. The third-order valence-electron chi connectivity index (χ3n) is 2.40. The molecule has 5 heteroatoms. The lowest BCUT2D eigenvalue weighted by molar-refractivity contribution is -0.0259. The molecule has 0 aliphatic carbocycles. The quantitative estimate of drug-likeness (QED) is 0.701. The summed E-state index contributed by atoms with van der Waals surface area (Å²) in [5.41, 5.74) is 0. The highest BCUT2D eigenvalue weighted by molar-refractivity contribution is 5.68. The first-order chi connectivity index (χ1) is 7.29. The molecule has 88 valence electrons. The van der Waals surface area contributed by atoms with E-state index in [4.69, 9.17) is 14.6 Å². The van der Waals surface area contributed by atoms with Crippen molar-refractivity contribution < 1.29 is 19.4 Å². The number of rotatable bonds is 4. The molecule has 15 heavy (non-hydrogen) atoms. The number of hydrogen-bond acceptors (Lipinski definition) is 4. The van der Waals surface area contributed by atoms with Gasteiger partial charge in [0.2, 0.25) is 0 Å². The molecule has 1 N–H and O–H groups in total. The van der Waals surface area contributed by atoms with Crippen molar-refractivity contribution in [2.45, 2.75) is 25.8 Å². The summed E-state index contributed by atoms with van der Waals surface area (Å²) in [5.74, 6) is 0. The summed E-state index contributed by atoms with van der Waals surface area (Å²) in [6, 6.07) is -0.257. The first-order valence-electron chi connectivity index (χ1n) is 5.41. The fourth-order valence-electron chi connectivity index (χ4n) is 1.43. The van der Waals surface area contributed by atoms with Crippen molar-refractivity contribution in [3.8, 4) is 0 Å². The van der Waals surface area contributed by atoms with Crippen LogP contribution in [0.1, 0.15) is 19.8 Å². The number of hydrogen-bond donors (Lipinski definition) is 1. The van der Waals surface area contributed by atoms with Crippen LogP contribution in [0.25, 0.3) is 0 Å². The zero-order valence-corrected chi connectivity index (χ0v) is 9.15. The molecule has 0 aromatic heterocycles. The van der Waals surface area contributed by atoms with Crippen LogP contribution in [0.2, 0.25) is 0 Å². The Labute approximate surface area is 90.0 Å². The van der Waals surface area contributed by atoms with E-state index in [1.165, 1.54) is 0 Å². The van der Waals surface area contributed by atoms with Crippen LogP contribution < -0.4 is 0 Å². The van der Waals surface area contributed by atoms with Crippen LogP contribution in [0.4, 0.5) is 4.79 Å². The minimum absolute atomic E-state index is 0.0805. The van der Waals surface area contributed by atoms with Gasteiger partial charge in [0, 0.05) is 6.54 Å². The van der Waals surface area contributed by atoms with Gasteiger partial charge in [0.1, 0.15) is 0 Å². The summed E-state index contributed by atoms with van der Waals surface area (Å²) in [4.78, 5) is 13.1. The summed E-state index contributed by atoms with van der Waals surface area (Å²) >= 11 is 0. The average molecular weight is 217 g/mol. The van der Waals surface area contributed by atoms with Gasteiger partial charge in [0.05, 0.1) is 32.5 Å². The van der Waals surface area contributed by atoms with Crippen LogP contribution in [0.5, 0.6) is 0 Å². The predicted molar refractivity (Wildman–Crippen MR) is 54.7 cm³/mol. The average Bonchev–Trinajstić information content (AvgIpc) is 2.29. The minimum atomic E-state index is -0.342. The molecule has 5 nitrogen and oxygen atoms in total. The Hall–Kier alpha value is -0.810. The molecule has 1 amide bonds. The van der Waals surface area contributed by atoms with Gasteiger partial charge < -0.3 is 14.6 Å². The molecule has 0 bridgehead atoms. The van der Waals surface area contributed by atoms with Gasteiger partial charge in [0.25, 0.3) is 0 Å². The molecule has 1 rings (SSSR count). The minimum Gasteiger partial charge on any atom is -0.449 e. The molecule has 1 fully saturated rings. The Morgan fingerprint density at radius 1 is 1.67 bits per heavy atom. The monoisotopic (exact) mass is 217 g/mol. The summed E-state index contributed by atoms with van der Waals surface area (Å²) in [6.07, 6.45) is 1.53. The van der Waals surface area contributed by atoms with E-state index in [-0.39, 0.29) is 18.7 Å². The van der Waals surface area contributed by atoms with Crippen molar-refractivity contribution in [1.82, 2.24) is 4.90 Å². The first-order valence-corrected chi connectivity index (χ1v) is 5.41. The van der Waals surface area contributed by atoms with Crippen molar-refractivity contribution >= 4 is 6.09 Å². The molecule has 1 atom stereocenters. The van der Waals surface area contributed by atoms with Crippen molar-refractivity contribution in [3.05, 3.63) is 0 Å². The number of carbonyl (C=O) groups is 1. The maximum absolute atomic E-state index is 11.6. The maximum atomic E-state index is 11.6. The fraction of sp³-hybridized carbons (Fsp3) is 0.900. The summed E-state index contributed by atoms with van der Waals surface area (Å²) in [7, 11) is 0. The van der Waals surface area contributed by atoms with Crippen LogP contribution in [0.3, 0.4) is 0 Å².